The third-order valence-electron chi connectivity index (χ3n) is 4.15. The average molecular weight is 224 g/mol. The lowest BCUT2D eigenvalue weighted by atomic mass is 9.98. The quantitative estimate of drug-likeness (QED) is 0.546. The van der Waals surface area contributed by atoms with Crippen LogP contribution in [-0.4, -0.2) is 18.4 Å². The lowest BCUT2D eigenvalue weighted by Gasteiger charge is -2.22. The largest absolute Gasteiger partial charge is 0.462 e. The third kappa shape index (κ3) is 2.00. The summed E-state index contributed by atoms with van der Waals surface area (Å²) in [6.07, 6.45) is 6.54. The van der Waals surface area contributed by atoms with E-state index in [9.17, 15) is 9.59 Å². The summed E-state index contributed by atoms with van der Waals surface area (Å²) in [5, 5.41) is 0. The van der Waals surface area contributed by atoms with Crippen molar-refractivity contribution in [3.63, 3.8) is 0 Å². The first-order chi connectivity index (χ1) is 7.57. The molecular formula is C13H20O3. The molecule has 0 aromatic carbocycles. The lowest BCUT2D eigenvalue weighted by Crippen LogP contribution is -2.23. The number of aldehydes is 1. The maximum absolute atomic E-state index is 11.9. The number of hydrogen-bond donors (Lipinski definition) is 0. The zero-order valence-corrected chi connectivity index (χ0v) is 10.1. The van der Waals surface area contributed by atoms with Gasteiger partial charge in [-0.3, -0.25) is 4.79 Å². The SMILES string of the molecule is CC1(C)[C@H](C=O)[C@H]1C(=O)OC1CCCCC1. The van der Waals surface area contributed by atoms with E-state index in [4.69, 9.17) is 4.74 Å². The van der Waals surface area contributed by atoms with Crippen LogP contribution in [-0.2, 0) is 14.3 Å². The minimum atomic E-state index is -0.202. The Bertz CT molecular complexity index is 290. The van der Waals surface area contributed by atoms with Crippen molar-refractivity contribution in [2.24, 2.45) is 17.3 Å². The number of rotatable bonds is 3. The van der Waals surface area contributed by atoms with E-state index in [-0.39, 0.29) is 29.3 Å². The Morgan fingerprint density at radius 2 is 1.88 bits per heavy atom. The van der Waals surface area contributed by atoms with Crippen LogP contribution >= 0.6 is 0 Å². The number of ether oxygens (including phenoxy) is 1. The van der Waals surface area contributed by atoms with Crippen LogP contribution < -0.4 is 0 Å². The van der Waals surface area contributed by atoms with Gasteiger partial charge in [0.15, 0.2) is 0 Å². The first-order valence-electron chi connectivity index (χ1n) is 6.23. The van der Waals surface area contributed by atoms with Gasteiger partial charge in [-0.25, -0.2) is 0 Å². The number of carbonyl (C=O) groups excluding carboxylic acids is 2. The van der Waals surface area contributed by atoms with Gasteiger partial charge in [-0.2, -0.15) is 0 Å². The molecule has 0 unspecified atom stereocenters. The first-order valence-corrected chi connectivity index (χ1v) is 6.23. The lowest BCUT2D eigenvalue weighted by molar-refractivity contribution is -0.153. The van der Waals surface area contributed by atoms with Crippen LogP contribution in [0, 0.1) is 17.3 Å². The Labute approximate surface area is 96.5 Å². The van der Waals surface area contributed by atoms with Crippen molar-refractivity contribution in [1.29, 1.82) is 0 Å². The van der Waals surface area contributed by atoms with E-state index in [0.717, 1.165) is 32.0 Å². The minimum Gasteiger partial charge on any atom is -0.462 e. The van der Waals surface area contributed by atoms with Gasteiger partial charge in [-0.15, -0.1) is 0 Å². The van der Waals surface area contributed by atoms with Crippen molar-refractivity contribution in [3.05, 3.63) is 0 Å². The maximum Gasteiger partial charge on any atom is 0.310 e. The van der Waals surface area contributed by atoms with Gasteiger partial charge in [-0.1, -0.05) is 20.3 Å². The minimum absolute atomic E-state index is 0.102. The highest BCUT2D eigenvalue weighted by molar-refractivity contribution is 5.84. The van der Waals surface area contributed by atoms with Gasteiger partial charge in [0.25, 0.3) is 0 Å². The molecule has 16 heavy (non-hydrogen) atoms. The molecule has 0 radical (unpaired) electrons. The molecule has 0 bridgehead atoms. The maximum atomic E-state index is 11.9. The molecule has 2 rings (SSSR count). The van der Waals surface area contributed by atoms with Gasteiger partial charge < -0.3 is 9.53 Å². The summed E-state index contributed by atoms with van der Waals surface area (Å²) >= 11 is 0. The fourth-order valence-electron chi connectivity index (χ4n) is 2.80. The monoisotopic (exact) mass is 224 g/mol. The van der Waals surface area contributed by atoms with Crippen LogP contribution in [0.4, 0.5) is 0 Å². The molecule has 0 heterocycles. The van der Waals surface area contributed by atoms with Crippen LogP contribution in [0.2, 0.25) is 0 Å². The van der Waals surface area contributed by atoms with Crippen LogP contribution in [0.1, 0.15) is 46.0 Å². The molecule has 90 valence electrons. The highest BCUT2D eigenvalue weighted by Gasteiger charge is 2.63. The highest BCUT2D eigenvalue weighted by atomic mass is 16.5. The summed E-state index contributed by atoms with van der Waals surface area (Å²) in [6.45, 7) is 3.91. The molecule has 0 aliphatic heterocycles. The van der Waals surface area contributed by atoms with E-state index in [0.29, 0.717) is 0 Å². The molecule has 0 aromatic rings. The van der Waals surface area contributed by atoms with Gasteiger partial charge in [0.05, 0.1) is 5.92 Å². The summed E-state index contributed by atoms with van der Waals surface area (Å²) in [6, 6.07) is 0. The second kappa shape index (κ2) is 4.19. The molecule has 2 aliphatic carbocycles. The van der Waals surface area contributed by atoms with Crippen molar-refractivity contribution in [3.8, 4) is 0 Å². The molecule has 3 heteroatoms. The van der Waals surface area contributed by atoms with Gasteiger partial charge in [0.2, 0.25) is 0 Å². The fourth-order valence-corrected chi connectivity index (χ4v) is 2.80. The van der Waals surface area contributed by atoms with Gasteiger partial charge in [-0.05, 0) is 31.1 Å². The molecule has 2 saturated carbocycles. The zero-order valence-electron chi connectivity index (χ0n) is 10.1. The van der Waals surface area contributed by atoms with Crippen molar-refractivity contribution < 1.29 is 14.3 Å². The predicted molar refractivity (Wildman–Crippen MR) is 59.8 cm³/mol. The van der Waals surface area contributed by atoms with E-state index in [1.54, 1.807) is 0 Å². The predicted octanol–water partition coefficient (Wildman–Crippen LogP) is 2.33. The molecule has 0 amide bonds. The van der Waals surface area contributed by atoms with Crippen molar-refractivity contribution in [2.45, 2.75) is 52.1 Å². The Morgan fingerprint density at radius 1 is 1.25 bits per heavy atom. The number of hydrogen-bond acceptors (Lipinski definition) is 3. The third-order valence-corrected chi connectivity index (χ3v) is 4.15. The van der Waals surface area contributed by atoms with E-state index in [2.05, 4.69) is 0 Å². The molecule has 2 aliphatic rings. The Kier molecular flexibility index (Phi) is 3.04. The van der Waals surface area contributed by atoms with E-state index < -0.39 is 0 Å². The van der Waals surface area contributed by atoms with Gasteiger partial charge in [0.1, 0.15) is 12.4 Å². The van der Waals surface area contributed by atoms with Gasteiger partial charge >= 0.3 is 5.97 Å². The van der Waals surface area contributed by atoms with E-state index >= 15 is 0 Å². The van der Waals surface area contributed by atoms with Crippen LogP contribution in [0.15, 0.2) is 0 Å². The summed E-state index contributed by atoms with van der Waals surface area (Å²) < 4.78 is 5.49. The van der Waals surface area contributed by atoms with E-state index in [1.165, 1.54) is 6.42 Å². The van der Waals surface area contributed by atoms with Crippen LogP contribution in [0.25, 0.3) is 0 Å². The summed E-state index contributed by atoms with van der Waals surface area (Å²) in [4.78, 5) is 22.7. The van der Waals surface area contributed by atoms with Gasteiger partial charge in [0, 0.05) is 5.92 Å². The average Bonchev–Trinajstić information content (AvgIpc) is 2.82. The molecule has 0 N–H and O–H groups in total. The van der Waals surface area contributed by atoms with E-state index in [1.807, 2.05) is 13.8 Å². The van der Waals surface area contributed by atoms with Crippen molar-refractivity contribution in [1.82, 2.24) is 0 Å². The zero-order chi connectivity index (χ0) is 11.8. The molecule has 0 aromatic heterocycles. The fraction of sp³-hybridized carbons (Fsp3) is 0.846. The highest BCUT2D eigenvalue weighted by Crippen LogP contribution is 2.57. The summed E-state index contributed by atoms with van der Waals surface area (Å²) in [5.74, 6) is -0.496. The molecule has 2 atom stereocenters. The topological polar surface area (TPSA) is 43.4 Å². The molecule has 3 nitrogen and oxygen atoms in total. The molecule has 2 fully saturated rings. The van der Waals surface area contributed by atoms with Crippen molar-refractivity contribution in [2.75, 3.05) is 0 Å². The number of carbonyl (C=O) groups is 2. The summed E-state index contributed by atoms with van der Waals surface area (Å²) in [7, 11) is 0. The Balaban J connectivity index is 1.87. The molecule has 0 saturated heterocycles. The smallest absolute Gasteiger partial charge is 0.310 e. The molecular weight excluding hydrogens is 204 g/mol. The van der Waals surface area contributed by atoms with Crippen molar-refractivity contribution >= 4 is 12.3 Å². The summed E-state index contributed by atoms with van der Waals surface area (Å²) in [5.41, 5.74) is -0.187. The van der Waals surface area contributed by atoms with Crippen LogP contribution in [0.5, 0.6) is 0 Å². The van der Waals surface area contributed by atoms with Crippen LogP contribution in [0.3, 0.4) is 0 Å². The normalized spacial score (nSPS) is 33.1. The first kappa shape index (κ1) is 11.6. The molecule has 0 spiro atoms. The standard InChI is InChI=1S/C13H20O3/c1-13(2)10(8-14)11(13)12(15)16-9-6-4-3-5-7-9/h8-11H,3-7H2,1-2H3/t10-,11+/m1/s1. The Morgan fingerprint density at radius 3 is 2.38 bits per heavy atom. The second-order valence-corrected chi connectivity index (χ2v) is 5.66. The number of esters is 1. The Hall–Kier alpha value is -0.860. The second-order valence-electron chi connectivity index (χ2n) is 5.66.